The van der Waals surface area contributed by atoms with Crippen LogP contribution in [0.5, 0.6) is 5.75 Å². The molecular formula is C14H20N2O3. The number of urea groups is 1. The van der Waals surface area contributed by atoms with Crippen LogP contribution in [0.15, 0.2) is 18.2 Å². The summed E-state index contributed by atoms with van der Waals surface area (Å²) in [7, 11) is 0. The molecule has 2 amide bonds. The van der Waals surface area contributed by atoms with Gasteiger partial charge in [0, 0.05) is 12.6 Å². The zero-order valence-corrected chi connectivity index (χ0v) is 11.0. The van der Waals surface area contributed by atoms with Crippen LogP contribution >= 0.6 is 0 Å². The van der Waals surface area contributed by atoms with Gasteiger partial charge in [-0.3, -0.25) is 0 Å². The molecule has 2 rings (SSSR count). The molecule has 4 N–H and O–H groups in total. The molecular weight excluding hydrogens is 244 g/mol. The van der Waals surface area contributed by atoms with Crippen molar-refractivity contribution < 1.29 is 15.0 Å². The molecule has 0 saturated carbocycles. The number of fused-ring (bicyclic) bond motifs is 1. The molecule has 0 spiro atoms. The fourth-order valence-electron chi connectivity index (χ4n) is 2.47. The van der Waals surface area contributed by atoms with Gasteiger partial charge in [0.05, 0.1) is 6.04 Å². The van der Waals surface area contributed by atoms with Crippen molar-refractivity contribution in [1.82, 2.24) is 10.6 Å². The summed E-state index contributed by atoms with van der Waals surface area (Å²) in [4.78, 5) is 11.8. The minimum atomic E-state index is -0.234. The third kappa shape index (κ3) is 3.17. The Morgan fingerprint density at radius 2 is 2.32 bits per heavy atom. The second kappa shape index (κ2) is 5.93. The molecule has 1 aliphatic rings. The molecule has 0 saturated heterocycles. The second-order valence-electron chi connectivity index (χ2n) is 4.97. The number of carbonyl (C=O) groups excluding carboxylic acids is 1. The molecule has 0 radical (unpaired) electrons. The molecule has 1 aromatic carbocycles. The lowest BCUT2D eigenvalue weighted by molar-refractivity contribution is 0.227. The lowest BCUT2D eigenvalue weighted by atomic mass is 10.1. The fourth-order valence-corrected chi connectivity index (χ4v) is 2.47. The second-order valence-corrected chi connectivity index (χ2v) is 4.97. The van der Waals surface area contributed by atoms with Gasteiger partial charge in [0.15, 0.2) is 0 Å². The first-order chi connectivity index (χ1) is 9.11. The Morgan fingerprint density at radius 1 is 1.53 bits per heavy atom. The summed E-state index contributed by atoms with van der Waals surface area (Å²) >= 11 is 0. The van der Waals surface area contributed by atoms with Crippen LogP contribution in [0, 0.1) is 0 Å². The molecule has 0 heterocycles. The molecule has 0 aliphatic heterocycles. The molecule has 5 heteroatoms. The number of hydrogen-bond acceptors (Lipinski definition) is 3. The lowest BCUT2D eigenvalue weighted by Crippen LogP contribution is -2.42. The van der Waals surface area contributed by atoms with Crippen molar-refractivity contribution in [2.75, 3.05) is 6.61 Å². The number of phenolic OH excluding ortho intramolecular Hbond substituents is 1. The largest absolute Gasteiger partial charge is 0.508 e. The van der Waals surface area contributed by atoms with Gasteiger partial charge in [0.25, 0.3) is 0 Å². The predicted octanol–water partition coefficient (Wildman–Crippen LogP) is 1.45. The number of rotatable bonds is 4. The standard InChI is InChI=1S/C14H20N2O3/c1-9(7-8-17)15-14(19)16-12-6-5-11-10(12)3-2-4-13(11)18/h2-4,9,12,17-18H,5-8H2,1H3,(H2,15,16,19)/t9-,12?/m1/s1. The Balaban J connectivity index is 1.96. The van der Waals surface area contributed by atoms with E-state index in [0.29, 0.717) is 12.2 Å². The zero-order valence-electron chi connectivity index (χ0n) is 11.0. The van der Waals surface area contributed by atoms with Crippen molar-refractivity contribution in [2.24, 2.45) is 0 Å². The lowest BCUT2D eigenvalue weighted by Gasteiger charge is -2.18. The van der Waals surface area contributed by atoms with Crippen LogP contribution in [-0.4, -0.2) is 28.9 Å². The SMILES string of the molecule is C[C@H](CCO)NC(=O)NC1CCc2c(O)cccc21. The number of carbonyl (C=O) groups is 1. The van der Waals surface area contributed by atoms with Gasteiger partial charge in [-0.25, -0.2) is 4.79 Å². The van der Waals surface area contributed by atoms with Gasteiger partial charge >= 0.3 is 6.03 Å². The van der Waals surface area contributed by atoms with E-state index in [2.05, 4.69) is 10.6 Å². The van der Waals surface area contributed by atoms with Gasteiger partial charge in [-0.1, -0.05) is 12.1 Å². The number of nitrogens with one attached hydrogen (secondary N) is 2. The Kier molecular flexibility index (Phi) is 4.27. The first-order valence-corrected chi connectivity index (χ1v) is 6.60. The highest BCUT2D eigenvalue weighted by Gasteiger charge is 2.26. The van der Waals surface area contributed by atoms with Gasteiger partial charge in [0.1, 0.15) is 5.75 Å². The molecule has 1 unspecified atom stereocenters. The molecule has 0 bridgehead atoms. The highest BCUT2D eigenvalue weighted by molar-refractivity contribution is 5.75. The molecule has 19 heavy (non-hydrogen) atoms. The van der Waals surface area contributed by atoms with Gasteiger partial charge in [-0.05, 0) is 43.4 Å². The summed E-state index contributed by atoms with van der Waals surface area (Å²) in [5.41, 5.74) is 1.92. The van der Waals surface area contributed by atoms with Crippen molar-refractivity contribution in [1.29, 1.82) is 0 Å². The van der Waals surface area contributed by atoms with E-state index < -0.39 is 0 Å². The highest BCUT2D eigenvalue weighted by Crippen LogP contribution is 2.36. The van der Waals surface area contributed by atoms with Gasteiger partial charge in [-0.15, -0.1) is 0 Å². The van der Waals surface area contributed by atoms with Crippen LogP contribution in [0.3, 0.4) is 0 Å². The maximum absolute atomic E-state index is 11.8. The summed E-state index contributed by atoms with van der Waals surface area (Å²) in [5.74, 6) is 0.302. The van der Waals surface area contributed by atoms with Crippen LogP contribution < -0.4 is 10.6 Å². The van der Waals surface area contributed by atoms with Crippen molar-refractivity contribution in [2.45, 2.75) is 38.3 Å². The van der Waals surface area contributed by atoms with E-state index >= 15 is 0 Å². The normalized spacial score (nSPS) is 18.7. The topological polar surface area (TPSA) is 81.6 Å². The molecule has 0 aromatic heterocycles. The Morgan fingerprint density at radius 3 is 3.05 bits per heavy atom. The first-order valence-electron chi connectivity index (χ1n) is 6.60. The first kappa shape index (κ1) is 13.7. The number of aliphatic hydroxyl groups is 1. The number of amides is 2. The quantitative estimate of drug-likeness (QED) is 0.664. The molecule has 104 valence electrons. The third-order valence-corrected chi connectivity index (χ3v) is 3.49. The van der Waals surface area contributed by atoms with Crippen molar-refractivity contribution >= 4 is 6.03 Å². The van der Waals surface area contributed by atoms with E-state index in [1.165, 1.54) is 0 Å². The Hall–Kier alpha value is -1.75. The average Bonchev–Trinajstić information content (AvgIpc) is 2.74. The average molecular weight is 264 g/mol. The van der Waals surface area contributed by atoms with E-state index in [-0.39, 0.29) is 24.7 Å². The Bertz CT molecular complexity index is 462. The summed E-state index contributed by atoms with van der Waals surface area (Å²) in [6.07, 6.45) is 2.11. The van der Waals surface area contributed by atoms with Gasteiger partial charge in [0.2, 0.25) is 0 Å². The summed E-state index contributed by atoms with van der Waals surface area (Å²) in [5, 5.41) is 24.2. The smallest absolute Gasteiger partial charge is 0.315 e. The number of benzene rings is 1. The highest BCUT2D eigenvalue weighted by atomic mass is 16.3. The van der Waals surface area contributed by atoms with Crippen LogP contribution in [0.4, 0.5) is 4.79 Å². The summed E-state index contributed by atoms with van der Waals surface area (Å²) in [6.45, 7) is 1.91. The summed E-state index contributed by atoms with van der Waals surface area (Å²) < 4.78 is 0. The van der Waals surface area contributed by atoms with Crippen LogP contribution in [0.25, 0.3) is 0 Å². The van der Waals surface area contributed by atoms with Crippen molar-refractivity contribution in [3.8, 4) is 5.75 Å². The predicted molar refractivity (Wildman–Crippen MR) is 72.0 cm³/mol. The molecule has 1 aliphatic carbocycles. The van der Waals surface area contributed by atoms with Crippen LogP contribution in [0.2, 0.25) is 0 Å². The van der Waals surface area contributed by atoms with Crippen LogP contribution in [0.1, 0.15) is 36.9 Å². The maximum atomic E-state index is 11.8. The Labute approximate surface area is 112 Å². The van der Waals surface area contributed by atoms with E-state index in [9.17, 15) is 9.90 Å². The third-order valence-electron chi connectivity index (χ3n) is 3.49. The molecule has 0 fully saturated rings. The van der Waals surface area contributed by atoms with E-state index in [1.54, 1.807) is 12.1 Å². The number of phenols is 1. The van der Waals surface area contributed by atoms with Gasteiger partial charge in [-0.2, -0.15) is 0 Å². The fraction of sp³-hybridized carbons (Fsp3) is 0.500. The van der Waals surface area contributed by atoms with Crippen LogP contribution in [-0.2, 0) is 6.42 Å². The van der Waals surface area contributed by atoms with Crippen molar-refractivity contribution in [3.05, 3.63) is 29.3 Å². The maximum Gasteiger partial charge on any atom is 0.315 e. The molecule has 2 atom stereocenters. The van der Waals surface area contributed by atoms with E-state index in [0.717, 1.165) is 24.0 Å². The number of hydrogen-bond donors (Lipinski definition) is 4. The number of aromatic hydroxyl groups is 1. The van der Waals surface area contributed by atoms with E-state index in [4.69, 9.17) is 5.11 Å². The molecule has 5 nitrogen and oxygen atoms in total. The van der Waals surface area contributed by atoms with Crippen molar-refractivity contribution in [3.63, 3.8) is 0 Å². The monoisotopic (exact) mass is 264 g/mol. The van der Waals surface area contributed by atoms with E-state index in [1.807, 2.05) is 13.0 Å². The summed E-state index contributed by atoms with van der Waals surface area (Å²) in [6, 6.07) is 5.05. The minimum absolute atomic E-state index is 0.0524. The zero-order chi connectivity index (χ0) is 13.8. The van der Waals surface area contributed by atoms with Gasteiger partial charge < -0.3 is 20.8 Å². The molecule has 1 aromatic rings. The minimum Gasteiger partial charge on any atom is -0.508 e. The number of aliphatic hydroxyl groups excluding tert-OH is 1.